The number of carbonyl (C=O) groups excluding carboxylic acids is 1. The van der Waals surface area contributed by atoms with Crippen LogP contribution in [0.4, 0.5) is 5.69 Å². The summed E-state index contributed by atoms with van der Waals surface area (Å²) in [6, 6.07) is 10.4. The third-order valence-electron chi connectivity index (χ3n) is 3.09. The van der Waals surface area contributed by atoms with E-state index in [0.717, 1.165) is 11.1 Å². The number of hydrogen-bond donors (Lipinski definition) is 2. The maximum absolute atomic E-state index is 11.1. The Hall–Kier alpha value is -2.82. The van der Waals surface area contributed by atoms with Crippen molar-refractivity contribution < 1.29 is 14.3 Å². The molecule has 1 amide bonds. The van der Waals surface area contributed by atoms with Gasteiger partial charge in [-0.3, -0.25) is 4.79 Å². The number of nitrogens with one attached hydrogen (secondary N) is 1. The van der Waals surface area contributed by atoms with E-state index in [9.17, 15) is 9.90 Å². The molecule has 2 aromatic carbocycles. The molecule has 21 heavy (non-hydrogen) atoms. The van der Waals surface area contributed by atoms with Crippen molar-refractivity contribution in [2.45, 2.75) is 13.8 Å². The summed E-state index contributed by atoms with van der Waals surface area (Å²) in [5, 5.41) is 12.7. The number of benzene rings is 2. The van der Waals surface area contributed by atoms with Crippen LogP contribution >= 0.6 is 0 Å². The van der Waals surface area contributed by atoms with Gasteiger partial charge < -0.3 is 14.8 Å². The van der Waals surface area contributed by atoms with E-state index in [0.29, 0.717) is 22.7 Å². The molecule has 0 aliphatic carbocycles. The average Bonchev–Trinajstić information content (AvgIpc) is 2.83. The Labute approximate surface area is 121 Å². The van der Waals surface area contributed by atoms with E-state index in [-0.39, 0.29) is 11.7 Å². The van der Waals surface area contributed by atoms with Crippen molar-refractivity contribution in [1.29, 1.82) is 0 Å². The van der Waals surface area contributed by atoms with Gasteiger partial charge in [0, 0.05) is 12.6 Å². The van der Waals surface area contributed by atoms with Gasteiger partial charge in [-0.1, -0.05) is 6.07 Å². The minimum absolute atomic E-state index is 0.0485. The molecule has 5 heteroatoms. The summed E-state index contributed by atoms with van der Waals surface area (Å²) in [5.74, 6) is 0.188. The highest BCUT2D eigenvalue weighted by molar-refractivity contribution is 5.90. The van der Waals surface area contributed by atoms with E-state index in [1.165, 1.54) is 13.0 Å². The number of amides is 1. The number of aromatic hydroxyl groups is 1. The molecule has 2 N–H and O–H groups in total. The van der Waals surface area contributed by atoms with E-state index >= 15 is 0 Å². The fourth-order valence-corrected chi connectivity index (χ4v) is 2.14. The van der Waals surface area contributed by atoms with Gasteiger partial charge in [-0.05, 0) is 42.8 Å². The minimum atomic E-state index is -0.181. The third kappa shape index (κ3) is 2.58. The number of fused-ring (bicyclic) bond motifs is 1. The topological polar surface area (TPSA) is 75.4 Å². The van der Waals surface area contributed by atoms with Crippen LogP contribution in [0.5, 0.6) is 5.75 Å². The monoisotopic (exact) mass is 282 g/mol. The van der Waals surface area contributed by atoms with Crippen LogP contribution in [0.2, 0.25) is 0 Å². The van der Waals surface area contributed by atoms with Crippen LogP contribution in [-0.4, -0.2) is 16.0 Å². The molecule has 0 atom stereocenters. The van der Waals surface area contributed by atoms with Crippen LogP contribution in [-0.2, 0) is 4.79 Å². The first kappa shape index (κ1) is 13.2. The number of phenols is 1. The Morgan fingerprint density at radius 1 is 1.24 bits per heavy atom. The smallest absolute Gasteiger partial charge is 0.231 e. The van der Waals surface area contributed by atoms with Crippen molar-refractivity contribution in [3.8, 4) is 17.2 Å². The first-order valence-corrected chi connectivity index (χ1v) is 6.51. The molecule has 0 aliphatic rings. The van der Waals surface area contributed by atoms with Crippen LogP contribution in [0.15, 0.2) is 40.8 Å². The maximum atomic E-state index is 11.1. The van der Waals surface area contributed by atoms with Gasteiger partial charge in [0.25, 0.3) is 0 Å². The highest BCUT2D eigenvalue weighted by atomic mass is 16.3. The number of rotatable bonds is 2. The molecule has 0 saturated carbocycles. The Morgan fingerprint density at radius 3 is 2.81 bits per heavy atom. The fraction of sp³-hybridized carbons (Fsp3) is 0.125. The predicted octanol–water partition coefficient (Wildman–Crippen LogP) is 3.47. The fourth-order valence-electron chi connectivity index (χ4n) is 2.14. The summed E-state index contributed by atoms with van der Waals surface area (Å²) >= 11 is 0. The molecule has 0 radical (unpaired) electrons. The summed E-state index contributed by atoms with van der Waals surface area (Å²) < 4.78 is 5.67. The van der Waals surface area contributed by atoms with Crippen molar-refractivity contribution >= 4 is 22.7 Å². The highest BCUT2D eigenvalue weighted by Gasteiger charge is 2.13. The number of aromatic nitrogens is 1. The van der Waals surface area contributed by atoms with E-state index in [4.69, 9.17) is 4.42 Å². The average molecular weight is 282 g/mol. The molecular formula is C16H14N2O3. The van der Waals surface area contributed by atoms with Crippen LogP contribution in [0, 0.1) is 6.92 Å². The molecule has 0 aliphatic heterocycles. The Balaban J connectivity index is 2.10. The minimum Gasteiger partial charge on any atom is -0.507 e. The largest absolute Gasteiger partial charge is 0.507 e. The Bertz CT molecular complexity index is 837. The van der Waals surface area contributed by atoms with Gasteiger partial charge in [-0.2, -0.15) is 0 Å². The first-order valence-electron chi connectivity index (χ1n) is 6.51. The number of oxazole rings is 1. The van der Waals surface area contributed by atoms with Gasteiger partial charge in [0.1, 0.15) is 11.3 Å². The van der Waals surface area contributed by atoms with Crippen LogP contribution in [0.25, 0.3) is 22.6 Å². The second-order valence-electron chi connectivity index (χ2n) is 4.90. The zero-order valence-electron chi connectivity index (χ0n) is 11.7. The molecule has 0 unspecified atom stereocenters. The molecule has 106 valence electrons. The van der Waals surface area contributed by atoms with E-state index in [1.54, 1.807) is 12.1 Å². The SMILES string of the molecule is CC(=O)Nc1ccc(O)c(-c2nc3cc(C)ccc3o2)c1. The van der Waals surface area contributed by atoms with Crippen LogP contribution < -0.4 is 5.32 Å². The molecule has 0 fully saturated rings. The first-order chi connectivity index (χ1) is 10.0. The zero-order chi connectivity index (χ0) is 15.0. The van der Waals surface area contributed by atoms with E-state index < -0.39 is 0 Å². The van der Waals surface area contributed by atoms with Crippen LogP contribution in [0.3, 0.4) is 0 Å². The Morgan fingerprint density at radius 2 is 2.05 bits per heavy atom. The molecule has 3 rings (SSSR count). The molecular weight excluding hydrogens is 268 g/mol. The lowest BCUT2D eigenvalue weighted by Gasteiger charge is -2.05. The van der Waals surface area contributed by atoms with Gasteiger partial charge in [0.15, 0.2) is 5.58 Å². The number of aryl methyl sites for hydroxylation is 1. The van der Waals surface area contributed by atoms with Crippen LogP contribution in [0.1, 0.15) is 12.5 Å². The van der Waals surface area contributed by atoms with Crippen molar-refractivity contribution in [1.82, 2.24) is 4.98 Å². The maximum Gasteiger partial charge on any atom is 0.231 e. The molecule has 0 spiro atoms. The molecule has 3 aromatic rings. The second-order valence-corrected chi connectivity index (χ2v) is 4.90. The molecule has 5 nitrogen and oxygen atoms in total. The zero-order valence-corrected chi connectivity index (χ0v) is 11.7. The van der Waals surface area contributed by atoms with Gasteiger partial charge >= 0.3 is 0 Å². The summed E-state index contributed by atoms with van der Waals surface area (Å²) in [6.07, 6.45) is 0. The lowest BCUT2D eigenvalue weighted by molar-refractivity contribution is -0.114. The predicted molar refractivity (Wildman–Crippen MR) is 80.2 cm³/mol. The number of hydrogen-bond acceptors (Lipinski definition) is 4. The van der Waals surface area contributed by atoms with Gasteiger partial charge in [-0.15, -0.1) is 0 Å². The number of phenolic OH excluding ortho intramolecular Hbond substituents is 1. The summed E-state index contributed by atoms with van der Waals surface area (Å²) in [6.45, 7) is 3.40. The second kappa shape index (κ2) is 4.94. The third-order valence-corrected chi connectivity index (χ3v) is 3.09. The summed E-state index contributed by atoms with van der Waals surface area (Å²) in [7, 11) is 0. The normalized spacial score (nSPS) is 10.8. The number of carbonyl (C=O) groups is 1. The van der Waals surface area contributed by atoms with Crippen molar-refractivity contribution in [3.05, 3.63) is 42.0 Å². The summed E-state index contributed by atoms with van der Waals surface area (Å²) in [4.78, 5) is 15.5. The lowest BCUT2D eigenvalue weighted by atomic mass is 10.1. The molecule has 0 saturated heterocycles. The molecule has 1 aromatic heterocycles. The lowest BCUT2D eigenvalue weighted by Crippen LogP contribution is -2.05. The molecule has 1 heterocycles. The molecule has 0 bridgehead atoms. The Kier molecular flexibility index (Phi) is 3.10. The van der Waals surface area contributed by atoms with E-state index in [2.05, 4.69) is 10.3 Å². The highest BCUT2D eigenvalue weighted by Crippen LogP contribution is 2.33. The van der Waals surface area contributed by atoms with Crippen molar-refractivity contribution in [2.24, 2.45) is 0 Å². The van der Waals surface area contributed by atoms with Gasteiger partial charge in [0.05, 0.1) is 5.56 Å². The van der Waals surface area contributed by atoms with Gasteiger partial charge in [-0.25, -0.2) is 4.98 Å². The number of nitrogens with zero attached hydrogens (tertiary/aromatic N) is 1. The quantitative estimate of drug-likeness (QED) is 0.706. The van der Waals surface area contributed by atoms with Crippen molar-refractivity contribution in [2.75, 3.05) is 5.32 Å². The van der Waals surface area contributed by atoms with Gasteiger partial charge in [0.2, 0.25) is 11.8 Å². The standard InChI is InChI=1S/C16H14N2O3/c1-9-3-6-15-13(7-9)18-16(21-15)12-8-11(17-10(2)19)4-5-14(12)20/h3-8,20H,1-2H3,(H,17,19). The summed E-state index contributed by atoms with van der Waals surface area (Å²) in [5.41, 5.74) is 3.48. The number of anilines is 1. The van der Waals surface area contributed by atoms with E-state index in [1.807, 2.05) is 25.1 Å². The van der Waals surface area contributed by atoms with Crippen molar-refractivity contribution in [3.63, 3.8) is 0 Å².